The quantitative estimate of drug-likeness (QED) is 0.666. The van der Waals surface area contributed by atoms with Gasteiger partial charge in [0.05, 0.1) is 17.3 Å². The number of hydrogen-bond acceptors (Lipinski definition) is 4. The minimum absolute atomic E-state index is 0.167. The monoisotopic (exact) mass is 331 g/mol. The van der Waals surface area contributed by atoms with E-state index < -0.39 is 0 Å². The van der Waals surface area contributed by atoms with Gasteiger partial charge in [-0.15, -0.1) is 11.3 Å². The van der Waals surface area contributed by atoms with Gasteiger partial charge in [0.25, 0.3) is 0 Å². The van der Waals surface area contributed by atoms with E-state index in [2.05, 4.69) is 26.0 Å². The molecule has 98 valence electrons. The molecule has 1 N–H and O–H groups in total. The van der Waals surface area contributed by atoms with Crippen molar-refractivity contribution < 1.29 is 14.3 Å². The summed E-state index contributed by atoms with van der Waals surface area (Å²) in [7, 11) is 1.32. The van der Waals surface area contributed by atoms with Crippen molar-refractivity contribution in [2.24, 2.45) is 0 Å². The smallest absolute Gasteiger partial charge is 0.307 e. The molecule has 1 amide bonds. The number of halogens is 1. The van der Waals surface area contributed by atoms with E-state index in [9.17, 15) is 9.59 Å². The summed E-state index contributed by atoms with van der Waals surface area (Å²) >= 11 is 4.89. The topological polar surface area (TPSA) is 55.4 Å². The number of methoxy groups -OCH3 is 1. The van der Waals surface area contributed by atoms with Crippen LogP contribution in [-0.4, -0.2) is 25.0 Å². The molecule has 0 aliphatic rings. The molecule has 1 rings (SSSR count). The van der Waals surface area contributed by atoms with Gasteiger partial charge >= 0.3 is 5.97 Å². The van der Waals surface area contributed by atoms with Gasteiger partial charge in [-0.2, -0.15) is 0 Å². The lowest BCUT2D eigenvalue weighted by molar-refractivity contribution is -0.141. The second kappa shape index (κ2) is 7.33. The molecular weight excluding hydrogens is 318 g/mol. The van der Waals surface area contributed by atoms with Crippen molar-refractivity contribution in [2.75, 3.05) is 7.11 Å². The third-order valence-corrected chi connectivity index (χ3v) is 3.67. The van der Waals surface area contributed by atoms with E-state index >= 15 is 0 Å². The largest absolute Gasteiger partial charge is 0.469 e. The average molecular weight is 332 g/mol. The molecule has 4 nitrogen and oxygen atoms in total. The number of carbonyl (C=O) groups is 2. The summed E-state index contributed by atoms with van der Waals surface area (Å²) in [5.74, 6) is -0.565. The molecule has 0 aliphatic carbocycles. The highest BCUT2D eigenvalue weighted by Crippen LogP contribution is 2.22. The molecule has 0 bridgehead atoms. The van der Waals surface area contributed by atoms with Crippen LogP contribution in [0.1, 0.15) is 18.2 Å². The van der Waals surface area contributed by atoms with Crippen molar-refractivity contribution in [3.8, 4) is 0 Å². The molecule has 1 atom stereocenters. The van der Waals surface area contributed by atoms with Crippen molar-refractivity contribution in [3.05, 3.63) is 26.9 Å². The number of rotatable bonds is 5. The molecular formula is C12H14BrNO3S. The SMILES string of the molecule is COC(=O)CC(C)NC(=O)/C=C/c1ccc(Br)s1. The Morgan fingerprint density at radius 2 is 2.28 bits per heavy atom. The summed E-state index contributed by atoms with van der Waals surface area (Å²) in [5.41, 5.74) is 0. The summed E-state index contributed by atoms with van der Waals surface area (Å²) in [6, 6.07) is 3.59. The first-order valence-corrected chi connectivity index (χ1v) is 6.93. The lowest BCUT2D eigenvalue weighted by atomic mass is 10.2. The normalized spacial score (nSPS) is 12.4. The fraction of sp³-hybridized carbons (Fsp3) is 0.333. The third-order valence-electron chi connectivity index (χ3n) is 2.08. The molecule has 18 heavy (non-hydrogen) atoms. The summed E-state index contributed by atoms with van der Waals surface area (Å²) < 4.78 is 5.54. The highest BCUT2D eigenvalue weighted by molar-refractivity contribution is 9.11. The highest BCUT2D eigenvalue weighted by Gasteiger charge is 2.10. The number of thiophene rings is 1. The van der Waals surface area contributed by atoms with Crippen molar-refractivity contribution in [1.29, 1.82) is 0 Å². The minimum atomic E-state index is -0.339. The van der Waals surface area contributed by atoms with E-state index in [0.717, 1.165) is 8.66 Å². The van der Waals surface area contributed by atoms with E-state index in [1.54, 1.807) is 13.0 Å². The zero-order chi connectivity index (χ0) is 13.5. The van der Waals surface area contributed by atoms with Crippen LogP contribution in [-0.2, 0) is 14.3 Å². The van der Waals surface area contributed by atoms with Crippen molar-refractivity contribution in [2.45, 2.75) is 19.4 Å². The van der Waals surface area contributed by atoms with Crippen LogP contribution < -0.4 is 5.32 Å². The number of nitrogens with one attached hydrogen (secondary N) is 1. The van der Waals surface area contributed by atoms with Gasteiger partial charge in [0.2, 0.25) is 5.91 Å². The van der Waals surface area contributed by atoms with Crippen molar-refractivity contribution in [3.63, 3.8) is 0 Å². The van der Waals surface area contributed by atoms with Crippen LogP contribution in [0.2, 0.25) is 0 Å². The first kappa shape index (κ1) is 14.9. The van der Waals surface area contributed by atoms with Gasteiger partial charge in [-0.25, -0.2) is 0 Å². The Bertz CT molecular complexity index is 456. The molecule has 0 spiro atoms. The Hall–Kier alpha value is -1.14. The van der Waals surface area contributed by atoms with Crippen LogP contribution in [0.25, 0.3) is 6.08 Å². The van der Waals surface area contributed by atoms with Gasteiger partial charge in [0, 0.05) is 17.0 Å². The highest BCUT2D eigenvalue weighted by atomic mass is 79.9. The van der Waals surface area contributed by atoms with Crippen LogP contribution in [0.4, 0.5) is 0 Å². The molecule has 0 fully saturated rings. The maximum Gasteiger partial charge on any atom is 0.307 e. The summed E-state index contributed by atoms with van der Waals surface area (Å²) in [6.45, 7) is 1.75. The predicted molar refractivity (Wildman–Crippen MR) is 75.3 cm³/mol. The Morgan fingerprint density at radius 3 is 2.83 bits per heavy atom. The third kappa shape index (κ3) is 5.46. The van der Waals surface area contributed by atoms with Gasteiger partial charge in [0.15, 0.2) is 0 Å². The number of amides is 1. The predicted octanol–water partition coefficient (Wildman–Crippen LogP) is 2.59. The summed E-state index contributed by atoms with van der Waals surface area (Å²) in [4.78, 5) is 23.5. The van der Waals surface area contributed by atoms with E-state index in [4.69, 9.17) is 0 Å². The first-order valence-electron chi connectivity index (χ1n) is 5.32. The molecule has 1 unspecified atom stereocenters. The number of ether oxygens (including phenoxy) is 1. The van der Waals surface area contributed by atoms with Gasteiger partial charge in [-0.05, 0) is 41.1 Å². The van der Waals surface area contributed by atoms with Crippen LogP contribution in [0.15, 0.2) is 22.0 Å². The summed E-state index contributed by atoms with van der Waals surface area (Å²) in [6.07, 6.45) is 3.35. The van der Waals surface area contributed by atoms with Crippen molar-refractivity contribution >= 4 is 45.2 Å². The maximum absolute atomic E-state index is 11.5. The van der Waals surface area contributed by atoms with Gasteiger partial charge in [-0.1, -0.05) is 0 Å². The standard InChI is InChI=1S/C12H14BrNO3S/c1-8(7-12(16)17-2)14-11(15)6-4-9-3-5-10(13)18-9/h3-6,8H,7H2,1-2H3,(H,14,15)/b6-4+. The van der Waals surface area contributed by atoms with E-state index in [1.807, 2.05) is 12.1 Å². The zero-order valence-corrected chi connectivity index (χ0v) is 12.5. The Kier molecular flexibility index (Phi) is 6.07. The fourth-order valence-electron chi connectivity index (χ4n) is 1.25. The van der Waals surface area contributed by atoms with Crippen LogP contribution in [0.5, 0.6) is 0 Å². The Labute approximate surface area is 118 Å². The molecule has 1 heterocycles. The molecule has 0 radical (unpaired) electrons. The molecule has 0 saturated heterocycles. The molecule has 0 aliphatic heterocycles. The second-order valence-electron chi connectivity index (χ2n) is 3.67. The summed E-state index contributed by atoms with van der Waals surface area (Å²) in [5, 5.41) is 2.69. The molecule has 1 aromatic rings. The number of carbonyl (C=O) groups excluding carboxylic acids is 2. The minimum Gasteiger partial charge on any atom is -0.469 e. The molecule has 1 aromatic heterocycles. The molecule has 0 aromatic carbocycles. The van der Waals surface area contributed by atoms with E-state index in [-0.39, 0.29) is 24.3 Å². The van der Waals surface area contributed by atoms with Crippen LogP contribution in [0.3, 0.4) is 0 Å². The van der Waals surface area contributed by atoms with Gasteiger partial charge in [0.1, 0.15) is 0 Å². The Balaban J connectivity index is 2.41. The van der Waals surface area contributed by atoms with Crippen LogP contribution in [0, 0.1) is 0 Å². The number of hydrogen-bond donors (Lipinski definition) is 1. The lowest BCUT2D eigenvalue weighted by Crippen LogP contribution is -2.33. The average Bonchev–Trinajstić information content (AvgIpc) is 2.72. The fourth-order valence-corrected chi connectivity index (χ4v) is 2.58. The van der Waals surface area contributed by atoms with Gasteiger partial charge in [-0.3, -0.25) is 9.59 Å². The lowest BCUT2D eigenvalue weighted by Gasteiger charge is -2.10. The Morgan fingerprint density at radius 1 is 1.56 bits per heavy atom. The maximum atomic E-state index is 11.5. The van der Waals surface area contributed by atoms with Crippen LogP contribution >= 0.6 is 27.3 Å². The molecule has 0 saturated carbocycles. The molecule has 6 heteroatoms. The first-order chi connectivity index (χ1) is 8.51. The second-order valence-corrected chi connectivity index (χ2v) is 6.16. The van der Waals surface area contributed by atoms with E-state index in [0.29, 0.717) is 0 Å². The van der Waals surface area contributed by atoms with E-state index in [1.165, 1.54) is 24.5 Å². The zero-order valence-electron chi connectivity index (χ0n) is 10.1. The number of esters is 1. The van der Waals surface area contributed by atoms with Gasteiger partial charge < -0.3 is 10.1 Å². The van der Waals surface area contributed by atoms with Crippen molar-refractivity contribution in [1.82, 2.24) is 5.32 Å².